The number of rotatable bonds is 4. The second-order valence-electron chi connectivity index (χ2n) is 8.60. The van der Waals surface area contributed by atoms with Gasteiger partial charge in [0.1, 0.15) is 0 Å². The summed E-state index contributed by atoms with van der Waals surface area (Å²) in [5, 5.41) is 3.85. The Morgan fingerprint density at radius 1 is 1.13 bits per heavy atom. The van der Waals surface area contributed by atoms with Crippen molar-refractivity contribution in [2.45, 2.75) is 64.0 Å². The van der Waals surface area contributed by atoms with E-state index < -0.39 is 5.97 Å². The van der Waals surface area contributed by atoms with Crippen LogP contribution in [0.2, 0.25) is 0 Å². The molecule has 6 nitrogen and oxygen atoms in total. The first-order valence-electron chi connectivity index (χ1n) is 11.2. The molecule has 1 saturated carbocycles. The zero-order chi connectivity index (χ0) is 20.9. The second kappa shape index (κ2) is 9.56. The molecular formula is C24H31N3O3. The van der Waals surface area contributed by atoms with E-state index >= 15 is 0 Å². The largest absolute Gasteiger partial charge is 0.452 e. The number of amides is 1. The van der Waals surface area contributed by atoms with E-state index in [9.17, 15) is 9.59 Å². The fraction of sp³-hybridized carbons (Fsp3) is 0.542. The molecule has 6 heteroatoms. The van der Waals surface area contributed by atoms with Crippen LogP contribution in [0.15, 0.2) is 24.3 Å². The van der Waals surface area contributed by atoms with Crippen molar-refractivity contribution in [3.63, 3.8) is 0 Å². The lowest BCUT2D eigenvalue weighted by Gasteiger charge is -2.26. The zero-order valence-electron chi connectivity index (χ0n) is 17.8. The lowest BCUT2D eigenvalue weighted by atomic mass is 9.96. The Kier molecular flexibility index (Phi) is 6.62. The van der Waals surface area contributed by atoms with Crippen LogP contribution in [0.3, 0.4) is 0 Å². The summed E-state index contributed by atoms with van der Waals surface area (Å²) in [5.41, 5.74) is 3.23. The summed E-state index contributed by atoms with van der Waals surface area (Å²) in [7, 11) is 2.04. The Labute approximate surface area is 178 Å². The zero-order valence-corrected chi connectivity index (χ0v) is 17.8. The van der Waals surface area contributed by atoms with Crippen LogP contribution >= 0.6 is 0 Å². The predicted octanol–water partition coefficient (Wildman–Crippen LogP) is 3.61. The smallest absolute Gasteiger partial charge is 0.339 e. The van der Waals surface area contributed by atoms with Crippen molar-refractivity contribution in [2.75, 3.05) is 20.2 Å². The minimum atomic E-state index is -0.437. The van der Waals surface area contributed by atoms with Crippen molar-refractivity contribution in [1.29, 1.82) is 0 Å². The third kappa shape index (κ3) is 4.81. The van der Waals surface area contributed by atoms with E-state index in [0.29, 0.717) is 12.1 Å². The van der Waals surface area contributed by atoms with E-state index in [2.05, 4.69) is 10.2 Å². The number of ether oxygens (including phenoxy) is 1. The van der Waals surface area contributed by atoms with E-state index in [-0.39, 0.29) is 18.6 Å². The van der Waals surface area contributed by atoms with Crippen molar-refractivity contribution in [1.82, 2.24) is 15.2 Å². The third-order valence-electron chi connectivity index (χ3n) is 6.25. The molecule has 1 aliphatic carbocycles. The number of benzene rings is 1. The summed E-state index contributed by atoms with van der Waals surface area (Å²) in [5.74, 6) is -0.647. The number of esters is 1. The van der Waals surface area contributed by atoms with Crippen molar-refractivity contribution in [3.8, 4) is 0 Å². The highest BCUT2D eigenvalue weighted by Crippen LogP contribution is 2.28. The van der Waals surface area contributed by atoms with Crippen molar-refractivity contribution in [2.24, 2.45) is 0 Å². The molecule has 0 bridgehead atoms. The summed E-state index contributed by atoms with van der Waals surface area (Å²) in [4.78, 5) is 32.5. The number of para-hydroxylation sites is 1. The van der Waals surface area contributed by atoms with Crippen LogP contribution in [-0.4, -0.2) is 48.0 Å². The Bertz CT molecular complexity index is 919. The number of fused-ring (bicyclic) bond motifs is 2. The number of pyridine rings is 1. The molecule has 0 saturated heterocycles. The Balaban J connectivity index is 1.48. The lowest BCUT2D eigenvalue weighted by Crippen LogP contribution is -2.38. The number of hydrogen-bond acceptors (Lipinski definition) is 5. The van der Waals surface area contributed by atoms with Gasteiger partial charge in [-0.25, -0.2) is 4.79 Å². The van der Waals surface area contributed by atoms with Crippen LogP contribution in [-0.2, 0) is 22.5 Å². The molecule has 2 aliphatic rings. The number of carbonyl (C=O) groups excluding carboxylic acids is 2. The van der Waals surface area contributed by atoms with Gasteiger partial charge in [0.2, 0.25) is 0 Å². The fourth-order valence-corrected chi connectivity index (χ4v) is 4.63. The molecule has 1 amide bonds. The van der Waals surface area contributed by atoms with Crippen LogP contribution in [0.1, 0.15) is 66.6 Å². The van der Waals surface area contributed by atoms with Crippen molar-refractivity contribution >= 4 is 22.8 Å². The van der Waals surface area contributed by atoms with Gasteiger partial charge in [-0.05, 0) is 26.0 Å². The van der Waals surface area contributed by atoms with Crippen LogP contribution in [0.25, 0.3) is 10.9 Å². The van der Waals surface area contributed by atoms with Crippen LogP contribution in [0.5, 0.6) is 0 Å². The van der Waals surface area contributed by atoms with Gasteiger partial charge in [-0.3, -0.25) is 9.78 Å². The highest BCUT2D eigenvalue weighted by atomic mass is 16.5. The Hall–Kier alpha value is -2.47. The summed E-state index contributed by atoms with van der Waals surface area (Å²) in [6, 6.07) is 7.85. The van der Waals surface area contributed by atoms with Gasteiger partial charge in [0.05, 0.1) is 11.1 Å². The number of hydrogen-bond donors (Lipinski definition) is 1. The Morgan fingerprint density at radius 2 is 1.87 bits per heavy atom. The van der Waals surface area contributed by atoms with Gasteiger partial charge in [0.25, 0.3) is 5.91 Å². The van der Waals surface area contributed by atoms with Crippen molar-refractivity contribution < 1.29 is 14.3 Å². The first kappa shape index (κ1) is 20.8. The molecule has 1 aromatic heterocycles. The number of nitrogens with one attached hydrogen (secondary N) is 1. The summed E-state index contributed by atoms with van der Waals surface area (Å²) >= 11 is 0. The Morgan fingerprint density at radius 3 is 2.67 bits per heavy atom. The SMILES string of the molecule is CN1CCc2nc3ccccc3c(C(=O)OCC(=O)NC3CCCCCCC3)c2C1. The molecule has 1 fully saturated rings. The summed E-state index contributed by atoms with van der Waals surface area (Å²) < 4.78 is 5.50. The van der Waals surface area contributed by atoms with E-state index in [1.807, 2.05) is 31.3 Å². The minimum absolute atomic E-state index is 0.194. The van der Waals surface area contributed by atoms with Crippen molar-refractivity contribution in [3.05, 3.63) is 41.1 Å². The number of aromatic nitrogens is 1. The molecular weight excluding hydrogens is 378 g/mol. The average molecular weight is 410 g/mol. The molecule has 1 N–H and O–H groups in total. The maximum atomic E-state index is 13.1. The average Bonchev–Trinajstić information content (AvgIpc) is 2.72. The molecule has 2 heterocycles. The highest BCUT2D eigenvalue weighted by Gasteiger charge is 2.26. The first-order chi connectivity index (χ1) is 14.6. The van der Waals surface area contributed by atoms with Gasteiger partial charge < -0.3 is 15.0 Å². The van der Waals surface area contributed by atoms with Gasteiger partial charge in [-0.1, -0.05) is 50.3 Å². The normalized spacial score (nSPS) is 18.3. The van der Waals surface area contributed by atoms with Gasteiger partial charge in [-0.15, -0.1) is 0 Å². The predicted molar refractivity (Wildman–Crippen MR) is 116 cm³/mol. The molecule has 0 spiro atoms. The first-order valence-corrected chi connectivity index (χ1v) is 11.2. The summed E-state index contributed by atoms with van der Waals surface area (Å²) in [6.45, 7) is 1.33. The third-order valence-corrected chi connectivity index (χ3v) is 6.25. The van der Waals surface area contributed by atoms with Crippen LogP contribution in [0, 0.1) is 0 Å². The molecule has 2 aromatic rings. The standard InChI is InChI=1S/C24H31N3O3/c1-27-14-13-21-19(15-27)23(18-11-7-8-12-20(18)26-21)24(29)30-16-22(28)25-17-9-5-3-2-4-6-10-17/h7-8,11-12,17H,2-6,9-10,13-16H2,1H3,(H,25,28). The number of carbonyl (C=O) groups is 2. The fourth-order valence-electron chi connectivity index (χ4n) is 4.63. The van der Waals surface area contributed by atoms with E-state index in [0.717, 1.165) is 60.8 Å². The van der Waals surface area contributed by atoms with E-state index in [4.69, 9.17) is 9.72 Å². The quantitative estimate of drug-likeness (QED) is 0.781. The number of likely N-dealkylation sites (N-methyl/N-ethyl adjacent to an activating group) is 1. The molecule has 4 rings (SSSR count). The molecule has 1 aromatic carbocycles. The second-order valence-corrected chi connectivity index (χ2v) is 8.60. The molecule has 30 heavy (non-hydrogen) atoms. The van der Waals surface area contributed by atoms with E-state index in [1.165, 1.54) is 19.3 Å². The molecule has 160 valence electrons. The van der Waals surface area contributed by atoms with Crippen LogP contribution in [0.4, 0.5) is 0 Å². The topological polar surface area (TPSA) is 71.5 Å². The maximum Gasteiger partial charge on any atom is 0.339 e. The molecule has 1 aliphatic heterocycles. The highest BCUT2D eigenvalue weighted by molar-refractivity contribution is 6.05. The van der Waals surface area contributed by atoms with Gasteiger partial charge in [-0.2, -0.15) is 0 Å². The van der Waals surface area contributed by atoms with Gasteiger partial charge in [0, 0.05) is 42.2 Å². The molecule has 0 atom stereocenters. The number of nitrogens with zero attached hydrogens (tertiary/aromatic N) is 2. The molecule has 0 radical (unpaired) electrons. The van der Waals surface area contributed by atoms with Gasteiger partial charge >= 0.3 is 5.97 Å². The summed E-state index contributed by atoms with van der Waals surface area (Å²) in [6.07, 6.45) is 8.87. The molecule has 0 unspecified atom stereocenters. The maximum absolute atomic E-state index is 13.1. The lowest BCUT2D eigenvalue weighted by molar-refractivity contribution is -0.125. The van der Waals surface area contributed by atoms with Gasteiger partial charge in [0.15, 0.2) is 6.61 Å². The minimum Gasteiger partial charge on any atom is -0.452 e. The van der Waals surface area contributed by atoms with Crippen LogP contribution < -0.4 is 5.32 Å². The monoisotopic (exact) mass is 409 g/mol. The van der Waals surface area contributed by atoms with E-state index in [1.54, 1.807) is 0 Å².